The average molecular weight is 286 g/mol. The third-order valence-electron chi connectivity index (χ3n) is 2.97. The first-order chi connectivity index (χ1) is 10.3. The fourth-order valence-electron chi connectivity index (χ4n) is 1.98. The molecule has 2 amide bonds. The van der Waals surface area contributed by atoms with Gasteiger partial charge < -0.3 is 10.4 Å². The lowest BCUT2D eigenvalue weighted by Crippen LogP contribution is -2.33. The molecule has 0 aliphatic rings. The number of aromatic nitrogens is 2. The monoisotopic (exact) mass is 286 g/mol. The van der Waals surface area contributed by atoms with E-state index in [2.05, 4.69) is 20.8 Å². The lowest BCUT2D eigenvalue weighted by Gasteiger charge is -2.19. The van der Waals surface area contributed by atoms with Crippen molar-refractivity contribution in [2.24, 2.45) is 0 Å². The highest BCUT2D eigenvalue weighted by Crippen LogP contribution is 2.18. The molecule has 1 aromatic carbocycles. The van der Waals surface area contributed by atoms with Crippen molar-refractivity contribution >= 4 is 11.8 Å². The lowest BCUT2D eigenvalue weighted by atomic mass is 10.0. The van der Waals surface area contributed by atoms with Gasteiger partial charge in [-0.15, -0.1) is 5.10 Å². The second kappa shape index (κ2) is 7.96. The summed E-state index contributed by atoms with van der Waals surface area (Å²) >= 11 is 0. The molecule has 6 nitrogen and oxygen atoms in total. The minimum absolute atomic E-state index is 0.0940. The highest BCUT2D eigenvalue weighted by molar-refractivity contribution is 5.88. The molecule has 0 fully saturated rings. The minimum atomic E-state index is -0.345. The van der Waals surface area contributed by atoms with Crippen LogP contribution in [0.1, 0.15) is 24.4 Å². The van der Waals surface area contributed by atoms with E-state index in [1.807, 2.05) is 30.3 Å². The van der Waals surface area contributed by atoms with Crippen LogP contribution in [0.25, 0.3) is 0 Å². The fourth-order valence-corrected chi connectivity index (χ4v) is 1.98. The number of anilines is 1. The maximum atomic E-state index is 12.0. The molecular formula is C15H18N4O2. The lowest BCUT2D eigenvalue weighted by molar-refractivity contribution is 0.243. The van der Waals surface area contributed by atoms with Gasteiger partial charge in [0, 0.05) is 12.8 Å². The van der Waals surface area contributed by atoms with Crippen molar-refractivity contribution in [2.75, 3.05) is 11.9 Å². The summed E-state index contributed by atoms with van der Waals surface area (Å²) in [6.45, 7) is 0.0940. The number of carbonyl (C=O) groups excluding carboxylic acids is 1. The van der Waals surface area contributed by atoms with Crippen molar-refractivity contribution in [1.82, 2.24) is 15.5 Å². The normalized spacial score (nSPS) is 11.7. The van der Waals surface area contributed by atoms with E-state index in [9.17, 15) is 4.79 Å². The van der Waals surface area contributed by atoms with Crippen molar-refractivity contribution in [1.29, 1.82) is 0 Å². The summed E-state index contributed by atoms with van der Waals surface area (Å²) < 4.78 is 0. The molecule has 0 aliphatic heterocycles. The Morgan fingerprint density at radius 2 is 2.00 bits per heavy atom. The zero-order chi connectivity index (χ0) is 14.9. The predicted octanol–water partition coefficient (Wildman–Crippen LogP) is 2.11. The average Bonchev–Trinajstić information content (AvgIpc) is 2.53. The van der Waals surface area contributed by atoms with Gasteiger partial charge in [-0.05, 0) is 30.5 Å². The molecule has 3 N–H and O–H groups in total. The first-order valence-electron chi connectivity index (χ1n) is 6.80. The van der Waals surface area contributed by atoms with Crippen LogP contribution in [0.4, 0.5) is 10.6 Å². The van der Waals surface area contributed by atoms with E-state index in [0.717, 1.165) is 5.56 Å². The van der Waals surface area contributed by atoms with Gasteiger partial charge in [0.05, 0.1) is 6.04 Å². The first kappa shape index (κ1) is 14.9. The number of nitrogens with zero attached hydrogens (tertiary/aromatic N) is 2. The van der Waals surface area contributed by atoms with Gasteiger partial charge >= 0.3 is 6.03 Å². The van der Waals surface area contributed by atoms with Crippen LogP contribution < -0.4 is 10.6 Å². The van der Waals surface area contributed by atoms with E-state index >= 15 is 0 Å². The number of aliphatic hydroxyl groups is 1. The highest BCUT2D eigenvalue weighted by atomic mass is 16.3. The Morgan fingerprint density at radius 1 is 1.19 bits per heavy atom. The van der Waals surface area contributed by atoms with Crippen LogP contribution in [-0.2, 0) is 0 Å². The molecule has 2 aromatic rings. The molecule has 1 heterocycles. The largest absolute Gasteiger partial charge is 0.396 e. The summed E-state index contributed by atoms with van der Waals surface area (Å²) in [6, 6.07) is 12.5. The summed E-state index contributed by atoms with van der Waals surface area (Å²) in [7, 11) is 0. The molecule has 0 saturated heterocycles. The SMILES string of the molecule is O=C(Nc1cccnn1)N[C@@H](CCCO)c1ccccc1. The quantitative estimate of drug-likeness (QED) is 0.759. The fraction of sp³-hybridized carbons (Fsp3) is 0.267. The van der Waals surface area contributed by atoms with Crippen LogP contribution in [0.3, 0.4) is 0 Å². The van der Waals surface area contributed by atoms with Crippen molar-refractivity contribution < 1.29 is 9.90 Å². The molecule has 2 rings (SSSR count). The molecule has 0 saturated carbocycles. The number of hydrogen-bond acceptors (Lipinski definition) is 4. The number of benzene rings is 1. The Morgan fingerprint density at radius 3 is 2.67 bits per heavy atom. The van der Waals surface area contributed by atoms with Crippen LogP contribution in [0.15, 0.2) is 48.7 Å². The number of amides is 2. The van der Waals surface area contributed by atoms with E-state index in [0.29, 0.717) is 18.7 Å². The van der Waals surface area contributed by atoms with Crippen LogP contribution in [0.2, 0.25) is 0 Å². The number of aliphatic hydroxyl groups excluding tert-OH is 1. The van der Waals surface area contributed by atoms with Gasteiger partial charge in [0.25, 0.3) is 0 Å². The Labute approximate surface area is 123 Å². The second-order valence-corrected chi connectivity index (χ2v) is 4.54. The molecule has 0 spiro atoms. The highest BCUT2D eigenvalue weighted by Gasteiger charge is 2.14. The third kappa shape index (κ3) is 4.85. The van der Waals surface area contributed by atoms with Gasteiger partial charge in [0.15, 0.2) is 5.82 Å². The molecule has 0 bridgehead atoms. The van der Waals surface area contributed by atoms with E-state index in [-0.39, 0.29) is 18.7 Å². The maximum absolute atomic E-state index is 12.0. The van der Waals surface area contributed by atoms with Gasteiger partial charge in [0.2, 0.25) is 0 Å². The van der Waals surface area contributed by atoms with Gasteiger partial charge in [-0.1, -0.05) is 30.3 Å². The number of carbonyl (C=O) groups is 1. The summed E-state index contributed by atoms with van der Waals surface area (Å²) in [5, 5.41) is 22.0. The number of urea groups is 1. The first-order valence-corrected chi connectivity index (χ1v) is 6.80. The van der Waals surface area contributed by atoms with Gasteiger partial charge in [-0.2, -0.15) is 5.10 Å². The number of nitrogens with one attached hydrogen (secondary N) is 2. The predicted molar refractivity (Wildman–Crippen MR) is 79.7 cm³/mol. The summed E-state index contributed by atoms with van der Waals surface area (Å²) in [5.41, 5.74) is 1.00. The van der Waals surface area contributed by atoms with Crippen molar-refractivity contribution in [2.45, 2.75) is 18.9 Å². The van der Waals surface area contributed by atoms with E-state index in [1.54, 1.807) is 12.1 Å². The molecular weight excluding hydrogens is 268 g/mol. The smallest absolute Gasteiger partial charge is 0.320 e. The zero-order valence-electron chi connectivity index (χ0n) is 11.6. The Bertz CT molecular complexity index is 548. The second-order valence-electron chi connectivity index (χ2n) is 4.54. The third-order valence-corrected chi connectivity index (χ3v) is 2.97. The molecule has 0 aliphatic carbocycles. The Kier molecular flexibility index (Phi) is 5.66. The summed E-state index contributed by atoms with van der Waals surface area (Å²) in [4.78, 5) is 12.0. The van der Waals surface area contributed by atoms with E-state index < -0.39 is 0 Å². The van der Waals surface area contributed by atoms with Gasteiger partial charge in [0.1, 0.15) is 0 Å². The van der Waals surface area contributed by atoms with Crippen LogP contribution in [0.5, 0.6) is 0 Å². The molecule has 21 heavy (non-hydrogen) atoms. The molecule has 1 atom stereocenters. The molecule has 0 radical (unpaired) electrons. The topological polar surface area (TPSA) is 87.1 Å². The van der Waals surface area contributed by atoms with Gasteiger partial charge in [-0.25, -0.2) is 4.79 Å². The number of rotatable bonds is 6. The standard InChI is InChI=1S/C15H18N4O2/c20-11-5-8-13(12-6-2-1-3-7-12)17-15(21)18-14-9-4-10-16-19-14/h1-4,6-7,9-10,13,20H,5,8,11H2,(H2,17,18,19,21)/t13-/m0/s1. The minimum Gasteiger partial charge on any atom is -0.396 e. The summed E-state index contributed by atoms with van der Waals surface area (Å²) in [5.74, 6) is 0.393. The van der Waals surface area contributed by atoms with Crippen LogP contribution in [0, 0.1) is 0 Å². The molecule has 110 valence electrons. The number of hydrogen-bond donors (Lipinski definition) is 3. The molecule has 1 aromatic heterocycles. The zero-order valence-corrected chi connectivity index (χ0v) is 11.6. The Balaban J connectivity index is 1.99. The van der Waals surface area contributed by atoms with Crippen molar-refractivity contribution in [3.63, 3.8) is 0 Å². The van der Waals surface area contributed by atoms with E-state index in [1.165, 1.54) is 6.20 Å². The van der Waals surface area contributed by atoms with Crippen LogP contribution in [-0.4, -0.2) is 27.9 Å². The maximum Gasteiger partial charge on any atom is 0.320 e. The molecule has 6 heteroatoms. The van der Waals surface area contributed by atoms with E-state index in [4.69, 9.17) is 5.11 Å². The Hall–Kier alpha value is -2.47. The molecule has 0 unspecified atom stereocenters. The van der Waals surface area contributed by atoms with Gasteiger partial charge in [-0.3, -0.25) is 5.32 Å². The van der Waals surface area contributed by atoms with Crippen LogP contribution >= 0.6 is 0 Å². The van der Waals surface area contributed by atoms with Crippen molar-refractivity contribution in [3.8, 4) is 0 Å². The summed E-state index contributed by atoms with van der Waals surface area (Å²) in [6.07, 6.45) is 2.82. The van der Waals surface area contributed by atoms with Crippen molar-refractivity contribution in [3.05, 3.63) is 54.2 Å².